The van der Waals surface area contributed by atoms with Crippen LogP contribution in [0.25, 0.3) is 0 Å². The molecule has 2 atom stereocenters. The smallest absolute Gasteiger partial charge is 0.164 e. The lowest BCUT2D eigenvalue weighted by Gasteiger charge is -2.35. The van der Waals surface area contributed by atoms with Crippen LogP contribution in [0, 0.1) is 0 Å². The van der Waals surface area contributed by atoms with Crippen molar-refractivity contribution in [3.63, 3.8) is 0 Å². The fraction of sp³-hybridized carbons (Fsp3) is 0.280. The van der Waals surface area contributed by atoms with Crippen LogP contribution in [0.5, 0.6) is 28.7 Å². The van der Waals surface area contributed by atoms with E-state index in [-0.39, 0.29) is 11.8 Å². The first-order valence-electron chi connectivity index (χ1n) is 9.85. The predicted molar refractivity (Wildman–Crippen MR) is 116 cm³/mol. The van der Waals surface area contributed by atoms with Gasteiger partial charge in [-0.1, -0.05) is 36.4 Å². The Kier molecular flexibility index (Phi) is 5.70. The number of rotatable bonds is 6. The molecule has 0 saturated carbocycles. The lowest BCUT2D eigenvalue weighted by atomic mass is 9.75. The molecule has 3 aromatic rings. The van der Waals surface area contributed by atoms with Crippen LogP contribution in [0.1, 0.15) is 28.5 Å². The zero-order valence-electron chi connectivity index (χ0n) is 17.7. The van der Waals surface area contributed by atoms with Crippen molar-refractivity contribution in [1.82, 2.24) is 0 Å². The van der Waals surface area contributed by atoms with Crippen LogP contribution >= 0.6 is 0 Å². The number of methoxy groups -OCH3 is 4. The Morgan fingerprint density at radius 1 is 0.667 bits per heavy atom. The van der Waals surface area contributed by atoms with Gasteiger partial charge >= 0.3 is 0 Å². The van der Waals surface area contributed by atoms with Gasteiger partial charge in [0.05, 0.1) is 35.0 Å². The second-order valence-electron chi connectivity index (χ2n) is 7.17. The molecule has 0 radical (unpaired) electrons. The van der Waals surface area contributed by atoms with Gasteiger partial charge in [0.25, 0.3) is 0 Å². The summed E-state index contributed by atoms with van der Waals surface area (Å²) in [7, 11) is 6.58. The van der Waals surface area contributed by atoms with Crippen LogP contribution in [0.2, 0.25) is 0 Å². The van der Waals surface area contributed by atoms with E-state index in [0.717, 1.165) is 16.9 Å². The molecule has 30 heavy (non-hydrogen) atoms. The molecule has 0 unspecified atom stereocenters. The van der Waals surface area contributed by atoms with E-state index in [4.69, 9.17) is 23.7 Å². The molecule has 0 N–H and O–H groups in total. The summed E-state index contributed by atoms with van der Waals surface area (Å²) in [6, 6.07) is 20.5. The molecule has 5 heteroatoms. The number of ether oxygens (including phenoxy) is 5. The summed E-state index contributed by atoms with van der Waals surface area (Å²) in [4.78, 5) is 0. The molecular formula is C25H26O5. The number of benzene rings is 3. The summed E-state index contributed by atoms with van der Waals surface area (Å²) in [5, 5.41) is 0. The van der Waals surface area contributed by atoms with Crippen molar-refractivity contribution in [2.75, 3.05) is 35.0 Å². The van der Waals surface area contributed by atoms with Crippen LogP contribution in [-0.4, -0.2) is 35.0 Å². The van der Waals surface area contributed by atoms with Crippen molar-refractivity contribution in [2.24, 2.45) is 0 Å². The molecule has 5 nitrogen and oxygen atoms in total. The first-order valence-corrected chi connectivity index (χ1v) is 9.85. The minimum atomic E-state index is 0.0516. The first-order chi connectivity index (χ1) is 14.7. The van der Waals surface area contributed by atoms with Crippen molar-refractivity contribution < 1.29 is 23.7 Å². The average Bonchev–Trinajstić information content (AvgIpc) is 2.82. The van der Waals surface area contributed by atoms with Gasteiger partial charge in [0.15, 0.2) is 23.0 Å². The van der Waals surface area contributed by atoms with E-state index >= 15 is 0 Å². The van der Waals surface area contributed by atoms with E-state index in [1.807, 2.05) is 30.3 Å². The van der Waals surface area contributed by atoms with Crippen molar-refractivity contribution in [3.05, 3.63) is 77.4 Å². The van der Waals surface area contributed by atoms with E-state index < -0.39 is 0 Å². The maximum absolute atomic E-state index is 6.19. The second kappa shape index (κ2) is 8.57. The van der Waals surface area contributed by atoms with E-state index in [0.29, 0.717) is 29.6 Å². The summed E-state index contributed by atoms with van der Waals surface area (Å²) in [5.41, 5.74) is 3.40. The molecule has 4 rings (SSSR count). The van der Waals surface area contributed by atoms with Crippen LogP contribution in [0.15, 0.2) is 60.7 Å². The molecule has 0 fully saturated rings. The molecule has 156 valence electrons. The minimum absolute atomic E-state index is 0.0516. The molecule has 0 aliphatic carbocycles. The standard InChI is InChI=1S/C25H26O5/c1-26-20-11-10-17(12-22(20)27-2)25-18-13-23(28-3)24(29-4)14-21(18)30-15-19(25)16-8-6-5-7-9-16/h5-14,19,25H,15H2,1-4H3/t19-,25-/m1/s1. The second-order valence-corrected chi connectivity index (χ2v) is 7.17. The van der Waals surface area contributed by atoms with Gasteiger partial charge in [-0.05, 0) is 29.3 Å². The Labute approximate surface area is 177 Å². The van der Waals surface area contributed by atoms with Crippen LogP contribution in [0.4, 0.5) is 0 Å². The number of hydrogen-bond donors (Lipinski definition) is 0. The molecule has 3 aromatic carbocycles. The summed E-state index contributed by atoms with van der Waals surface area (Å²) >= 11 is 0. The van der Waals surface area contributed by atoms with Crippen LogP contribution < -0.4 is 23.7 Å². The Balaban J connectivity index is 1.90. The highest BCUT2D eigenvalue weighted by atomic mass is 16.5. The molecule has 1 heterocycles. The van der Waals surface area contributed by atoms with Crippen molar-refractivity contribution in [2.45, 2.75) is 11.8 Å². The summed E-state index contributed by atoms with van der Waals surface area (Å²) < 4.78 is 28.3. The summed E-state index contributed by atoms with van der Waals surface area (Å²) in [6.45, 7) is 0.561. The summed E-state index contributed by atoms with van der Waals surface area (Å²) in [5.74, 6) is 3.73. The van der Waals surface area contributed by atoms with Gasteiger partial charge in [-0.3, -0.25) is 0 Å². The Morgan fingerprint density at radius 2 is 1.30 bits per heavy atom. The fourth-order valence-electron chi connectivity index (χ4n) is 4.18. The molecule has 0 saturated heterocycles. The lowest BCUT2D eigenvalue weighted by Crippen LogP contribution is -2.25. The zero-order valence-corrected chi connectivity index (χ0v) is 17.7. The maximum atomic E-state index is 6.19. The van der Waals surface area contributed by atoms with Gasteiger partial charge in [-0.2, -0.15) is 0 Å². The van der Waals surface area contributed by atoms with Crippen molar-refractivity contribution in [3.8, 4) is 28.7 Å². The molecular weight excluding hydrogens is 380 g/mol. The lowest BCUT2D eigenvalue weighted by molar-refractivity contribution is 0.245. The molecule has 0 bridgehead atoms. The van der Waals surface area contributed by atoms with E-state index in [9.17, 15) is 0 Å². The van der Waals surface area contributed by atoms with Crippen molar-refractivity contribution >= 4 is 0 Å². The third kappa shape index (κ3) is 3.52. The van der Waals surface area contributed by atoms with Crippen LogP contribution in [0.3, 0.4) is 0 Å². The number of fused-ring (bicyclic) bond motifs is 1. The van der Waals surface area contributed by atoms with Gasteiger partial charge < -0.3 is 23.7 Å². The monoisotopic (exact) mass is 406 g/mol. The average molecular weight is 406 g/mol. The normalized spacial score (nSPS) is 17.5. The van der Waals surface area contributed by atoms with Gasteiger partial charge in [-0.15, -0.1) is 0 Å². The van der Waals surface area contributed by atoms with Gasteiger partial charge in [0, 0.05) is 23.5 Å². The third-order valence-electron chi connectivity index (χ3n) is 5.67. The van der Waals surface area contributed by atoms with E-state index in [1.165, 1.54) is 5.56 Å². The minimum Gasteiger partial charge on any atom is -0.493 e. The quantitative estimate of drug-likeness (QED) is 0.575. The van der Waals surface area contributed by atoms with Gasteiger partial charge in [0.2, 0.25) is 0 Å². The third-order valence-corrected chi connectivity index (χ3v) is 5.67. The fourth-order valence-corrected chi connectivity index (χ4v) is 4.18. The largest absolute Gasteiger partial charge is 0.493 e. The number of hydrogen-bond acceptors (Lipinski definition) is 5. The molecule has 0 amide bonds. The van der Waals surface area contributed by atoms with E-state index in [2.05, 4.69) is 30.3 Å². The van der Waals surface area contributed by atoms with Crippen LogP contribution in [-0.2, 0) is 0 Å². The Bertz CT molecular complexity index is 1020. The highest BCUT2D eigenvalue weighted by molar-refractivity contribution is 5.57. The van der Waals surface area contributed by atoms with Gasteiger partial charge in [-0.25, -0.2) is 0 Å². The first kappa shape index (κ1) is 20.0. The highest BCUT2D eigenvalue weighted by Crippen LogP contribution is 2.50. The molecule has 1 aliphatic rings. The van der Waals surface area contributed by atoms with Gasteiger partial charge in [0.1, 0.15) is 5.75 Å². The molecule has 0 aromatic heterocycles. The Morgan fingerprint density at radius 3 is 1.97 bits per heavy atom. The van der Waals surface area contributed by atoms with E-state index in [1.54, 1.807) is 28.4 Å². The molecule has 1 aliphatic heterocycles. The summed E-state index contributed by atoms with van der Waals surface area (Å²) in [6.07, 6.45) is 0. The maximum Gasteiger partial charge on any atom is 0.164 e. The predicted octanol–water partition coefficient (Wildman–Crippen LogP) is 5.03. The molecule has 0 spiro atoms. The topological polar surface area (TPSA) is 46.2 Å². The Hall–Kier alpha value is -3.34. The van der Waals surface area contributed by atoms with Crippen molar-refractivity contribution in [1.29, 1.82) is 0 Å². The zero-order chi connectivity index (χ0) is 21.1. The highest BCUT2D eigenvalue weighted by Gasteiger charge is 2.35. The SMILES string of the molecule is COc1ccc([C@@H]2c3cc(OC)c(OC)cc3OC[C@@H]2c2ccccc2)cc1OC.